The van der Waals surface area contributed by atoms with E-state index >= 15 is 0 Å². The number of hydrogen-bond donors (Lipinski definition) is 0. The van der Waals surface area contributed by atoms with Gasteiger partial charge < -0.3 is 9.90 Å². The van der Waals surface area contributed by atoms with Crippen molar-refractivity contribution in [3.8, 4) is 0 Å². The van der Waals surface area contributed by atoms with Gasteiger partial charge >= 0.3 is 29.6 Å². The van der Waals surface area contributed by atoms with E-state index < -0.39 is 5.97 Å². The molecule has 1 aromatic heterocycles. The quantitative estimate of drug-likeness (QED) is 0.403. The third-order valence-electron chi connectivity index (χ3n) is 0.757. The van der Waals surface area contributed by atoms with Gasteiger partial charge in [-0.1, -0.05) is 0 Å². The van der Waals surface area contributed by atoms with Crippen LogP contribution in [0, 0.1) is 0 Å². The van der Waals surface area contributed by atoms with Crippen LogP contribution in [-0.4, -0.2) is 5.97 Å². The minimum atomic E-state index is -1.11. The Kier molecular flexibility index (Phi) is 4.14. The van der Waals surface area contributed by atoms with Gasteiger partial charge in [0.2, 0.25) is 0 Å². The molecule has 1 rings (SSSR count). The predicted molar refractivity (Wildman–Crippen MR) is 28.6 cm³/mol. The summed E-state index contributed by atoms with van der Waals surface area (Å²) in [4.78, 5) is 9.96. The van der Waals surface area contributed by atoms with E-state index in [-0.39, 0.29) is 35.1 Å². The van der Waals surface area contributed by atoms with Crippen molar-refractivity contribution in [1.82, 2.24) is 0 Å². The molecule has 0 bridgehead atoms. The molecule has 1 aromatic rings. The van der Waals surface area contributed by atoms with Gasteiger partial charge in [-0.05, 0) is 16.8 Å². The summed E-state index contributed by atoms with van der Waals surface area (Å²) >= 11 is 1.35. The summed E-state index contributed by atoms with van der Waals surface area (Å²) in [6, 6.07) is 1.51. The van der Waals surface area contributed by atoms with Crippen LogP contribution in [-0.2, 0) is 0 Å². The van der Waals surface area contributed by atoms with E-state index in [0.29, 0.717) is 0 Å². The fourth-order valence-electron chi connectivity index (χ4n) is 0.381. The SMILES string of the molecule is O=C([O-])c1ccsc1.[Na+]. The monoisotopic (exact) mass is 150 g/mol. The van der Waals surface area contributed by atoms with E-state index in [0.717, 1.165) is 0 Å². The average Bonchev–Trinajstić information content (AvgIpc) is 2.12. The van der Waals surface area contributed by atoms with Crippen molar-refractivity contribution in [3.63, 3.8) is 0 Å². The van der Waals surface area contributed by atoms with Crippen LogP contribution in [0.15, 0.2) is 16.8 Å². The summed E-state index contributed by atoms with van der Waals surface area (Å²) in [5.41, 5.74) is 0.259. The molecule has 0 saturated carbocycles. The Morgan fingerprint density at radius 1 is 1.67 bits per heavy atom. The van der Waals surface area contributed by atoms with Gasteiger partial charge in [0.25, 0.3) is 0 Å². The molecule has 42 valence electrons. The summed E-state index contributed by atoms with van der Waals surface area (Å²) in [5.74, 6) is -1.11. The Morgan fingerprint density at radius 3 is 2.56 bits per heavy atom. The van der Waals surface area contributed by atoms with E-state index in [4.69, 9.17) is 0 Å². The molecule has 0 spiro atoms. The van der Waals surface area contributed by atoms with Crippen LogP contribution in [0.4, 0.5) is 0 Å². The maximum atomic E-state index is 9.96. The second-order valence-corrected chi connectivity index (χ2v) is 2.08. The third kappa shape index (κ3) is 2.49. The molecule has 2 nitrogen and oxygen atoms in total. The van der Waals surface area contributed by atoms with Crippen LogP contribution in [0.3, 0.4) is 0 Å². The van der Waals surface area contributed by atoms with E-state index in [9.17, 15) is 9.90 Å². The minimum Gasteiger partial charge on any atom is -0.545 e. The van der Waals surface area contributed by atoms with Gasteiger partial charge in [-0.15, -0.1) is 0 Å². The topological polar surface area (TPSA) is 40.1 Å². The number of carboxylic acids is 1. The number of hydrogen-bond acceptors (Lipinski definition) is 3. The van der Waals surface area contributed by atoms with Crippen LogP contribution in [0.2, 0.25) is 0 Å². The van der Waals surface area contributed by atoms with Gasteiger partial charge in [-0.2, -0.15) is 11.3 Å². The van der Waals surface area contributed by atoms with E-state index in [1.807, 2.05) is 0 Å². The Balaban J connectivity index is 0.000000640. The number of carbonyl (C=O) groups is 1. The zero-order chi connectivity index (χ0) is 5.98. The summed E-state index contributed by atoms with van der Waals surface area (Å²) < 4.78 is 0. The van der Waals surface area contributed by atoms with Gasteiger partial charge in [0, 0.05) is 5.56 Å². The average molecular weight is 150 g/mol. The zero-order valence-corrected chi connectivity index (χ0v) is 7.77. The normalized spacial score (nSPS) is 8.00. The van der Waals surface area contributed by atoms with Crippen molar-refractivity contribution >= 4 is 17.3 Å². The molecule has 0 atom stereocenters. The first-order chi connectivity index (χ1) is 3.80. The van der Waals surface area contributed by atoms with Crippen molar-refractivity contribution in [1.29, 1.82) is 0 Å². The molecule has 1 heterocycles. The van der Waals surface area contributed by atoms with Gasteiger partial charge in [-0.3, -0.25) is 0 Å². The fraction of sp³-hybridized carbons (Fsp3) is 0. The molecule has 9 heavy (non-hydrogen) atoms. The largest absolute Gasteiger partial charge is 1.00 e. The first-order valence-electron chi connectivity index (χ1n) is 2.04. The number of carboxylic acid groups (broad SMARTS) is 1. The van der Waals surface area contributed by atoms with Crippen LogP contribution in [0.25, 0.3) is 0 Å². The standard InChI is InChI=1S/C5H4O2S.Na/c6-5(7)4-1-2-8-3-4;/h1-3H,(H,6,7);/q;+1/p-1. The van der Waals surface area contributed by atoms with Crippen LogP contribution < -0.4 is 34.7 Å². The molecule has 4 heteroatoms. The molecule has 0 aliphatic carbocycles. The molecular weight excluding hydrogens is 147 g/mol. The summed E-state index contributed by atoms with van der Waals surface area (Å²) in [6.07, 6.45) is 0. The maximum absolute atomic E-state index is 9.96. The number of carbonyl (C=O) groups excluding carboxylic acids is 1. The number of rotatable bonds is 1. The Bertz CT molecular complexity index is 183. The molecule has 0 amide bonds. The van der Waals surface area contributed by atoms with Gasteiger partial charge in [0.15, 0.2) is 0 Å². The molecular formula is C5H3NaO2S. The number of aromatic carboxylic acids is 1. The van der Waals surface area contributed by atoms with Crippen molar-refractivity contribution in [2.45, 2.75) is 0 Å². The third-order valence-corrected chi connectivity index (χ3v) is 1.44. The summed E-state index contributed by atoms with van der Waals surface area (Å²) in [7, 11) is 0. The second kappa shape index (κ2) is 4.06. The van der Waals surface area contributed by atoms with Crippen LogP contribution >= 0.6 is 11.3 Å². The zero-order valence-electron chi connectivity index (χ0n) is 4.96. The Morgan fingerprint density at radius 2 is 2.33 bits per heavy atom. The molecule has 0 unspecified atom stereocenters. The first-order valence-corrected chi connectivity index (χ1v) is 2.98. The van der Waals surface area contributed by atoms with Crippen LogP contribution in [0.1, 0.15) is 10.4 Å². The molecule has 0 radical (unpaired) electrons. The van der Waals surface area contributed by atoms with E-state index in [1.54, 1.807) is 5.38 Å². The molecule has 0 aliphatic rings. The smallest absolute Gasteiger partial charge is 0.545 e. The Labute approximate surface area is 78.8 Å². The van der Waals surface area contributed by atoms with Gasteiger partial charge in [0.05, 0.1) is 5.97 Å². The van der Waals surface area contributed by atoms with Crippen molar-refractivity contribution in [2.75, 3.05) is 0 Å². The molecule has 0 N–H and O–H groups in total. The van der Waals surface area contributed by atoms with Gasteiger partial charge in [0.1, 0.15) is 0 Å². The summed E-state index contributed by atoms with van der Waals surface area (Å²) in [6.45, 7) is 0. The first kappa shape index (κ1) is 9.17. The fourth-order valence-corrected chi connectivity index (χ4v) is 1.01. The minimum absolute atomic E-state index is 0. The molecule has 0 fully saturated rings. The molecule has 0 aliphatic heterocycles. The van der Waals surface area contributed by atoms with Crippen molar-refractivity contribution in [2.24, 2.45) is 0 Å². The van der Waals surface area contributed by atoms with Crippen LogP contribution in [0.5, 0.6) is 0 Å². The molecule has 0 aromatic carbocycles. The summed E-state index contributed by atoms with van der Waals surface area (Å²) in [5, 5.41) is 13.2. The van der Waals surface area contributed by atoms with Crippen molar-refractivity contribution in [3.05, 3.63) is 22.4 Å². The van der Waals surface area contributed by atoms with Crippen molar-refractivity contribution < 1.29 is 39.5 Å². The van der Waals surface area contributed by atoms with Gasteiger partial charge in [-0.25, -0.2) is 0 Å². The Hall–Kier alpha value is 0.170. The number of thiophene rings is 1. The van der Waals surface area contributed by atoms with E-state index in [2.05, 4.69) is 0 Å². The molecule has 0 saturated heterocycles. The predicted octanol–water partition coefficient (Wildman–Crippen LogP) is -2.88. The second-order valence-electron chi connectivity index (χ2n) is 1.30. The maximum Gasteiger partial charge on any atom is 1.00 e. The van der Waals surface area contributed by atoms with E-state index in [1.165, 1.54) is 22.8 Å².